The van der Waals surface area contributed by atoms with Crippen molar-refractivity contribution in [2.24, 2.45) is 0 Å². The summed E-state index contributed by atoms with van der Waals surface area (Å²) in [5, 5.41) is 11.6. The summed E-state index contributed by atoms with van der Waals surface area (Å²) in [6.45, 7) is 4.40. The van der Waals surface area contributed by atoms with Crippen LogP contribution in [0.25, 0.3) is 0 Å². The quantitative estimate of drug-likeness (QED) is 0.0198. The fourth-order valence-corrected chi connectivity index (χ4v) is 6.65. The van der Waals surface area contributed by atoms with E-state index in [9.17, 15) is 19.5 Å². The highest BCUT2D eigenvalue weighted by atomic mass is 16.6. The Labute approximate surface area is 373 Å². The van der Waals surface area contributed by atoms with Gasteiger partial charge in [0.25, 0.3) is 0 Å². The van der Waals surface area contributed by atoms with Crippen molar-refractivity contribution < 1.29 is 38.2 Å². The molecule has 0 saturated carbocycles. The van der Waals surface area contributed by atoms with Gasteiger partial charge in [0.15, 0.2) is 6.10 Å². The molecule has 0 aromatic heterocycles. The highest BCUT2D eigenvalue weighted by Gasteiger charge is 2.25. The van der Waals surface area contributed by atoms with Crippen LogP contribution in [0.3, 0.4) is 0 Å². The number of carbonyl (C=O) groups excluding carboxylic acids is 3. The van der Waals surface area contributed by atoms with Crippen molar-refractivity contribution in [2.45, 2.75) is 193 Å². The summed E-state index contributed by atoms with van der Waals surface area (Å²) >= 11 is 0. The van der Waals surface area contributed by atoms with E-state index in [2.05, 4.69) is 98.9 Å². The number of quaternary nitrogens is 1. The number of carboxylic acids is 1. The van der Waals surface area contributed by atoms with Gasteiger partial charge < -0.3 is 28.6 Å². The number of allylic oxidation sites excluding steroid dienone is 14. The Morgan fingerprint density at radius 1 is 0.508 bits per heavy atom. The number of aliphatic carboxylic acids is 1. The Hall–Kier alpha value is -3.49. The van der Waals surface area contributed by atoms with Crippen LogP contribution in [0.1, 0.15) is 181 Å². The summed E-state index contributed by atoms with van der Waals surface area (Å²) in [5.41, 5.74) is 0. The zero-order valence-electron chi connectivity index (χ0n) is 39.5. The van der Waals surface area contributed by atoms with E-state index in [0.717, 1.165) is 89.9 Å². The van der Waals surface area contributed by atoms with Gasteiger partial charge in [0.2, 0.25) is 0 Å². The minimum atomic E-state index is -1.13. The number of ether oxygens (including phenoxy) is 3. The van der Waals surface area contributed by atoms with Gasteiger partial charge in [0.05, 0.1) is 40.3 Å². The topological polar surface area (TPSA) is 102 Å². The molecule has 2 atom stereocenters. The molecule has 8 nitrogen and oxygen atoms in total. The molecule has 0 aliphatic carbocycles. The van der Waals surface area contributed by atoms with Crippen molar-refractivity contribution >= 4 is 17.9 Å². The van der Waals surface area contributed by atoms with Crippen LogP contribution in [0, 0.1) is 0 Å². The molecule has 0 rings (SSSR count). The SMILES string of the molecule is CC/C=C/C=C/C=C/CCCCCCCCCC(=O)OC(COCCC(C(=O)[O-])[N+](C)(C)C)COC(=O)CCCCCCCCCCC/C=C/C/C=C/C/C=C/C/C=C/CC. The number of carboxylic acid groups (broad SMARTS) is 1. The summed E-state index contributed by atoms with van der Waals surface area (Å²) in [6.07, 6.45) is 56.1. The van der Waals surface area contributed by atoms with Crippen molar-refractivity contribution in [3.63, 3.8) is 0 Å². The summed E-state index contributed by atoms with van der Waals surface area (Å²) in [4.78, 5) is 37.0. The van der Waals surface area contributed by atoms with Crippen molar-refractivity contribution in [2.75, 3.05) is 41.0 Å². The van der Waals surface area contributed by atoms with Crippen molar-refractivity contribution in [3.05, 3.63) is 85.1 Å². The third-order valence-corrected chi connectivity index (χ3v) is 10.3. The molecule has 2 unspecified atom stereocenters. The minimum Gasteiger partial charge on any atom is -0.544 e. The maximum absolute atomic E-state index is 12.7. The molecule has 0 aromatic rings. The lowest BCUT2D eigenvalue weighted by Crippen LogP contribution is -2.55. The van der Waals surface area contributed by atoms with Gasteiger partial charge >= 0.3 is 11.9 Å². The zero-order valence-corrected chi connectivity index (χ0v) is 39.5. The summed E-state index contributed by atoms with van der Waals surface area (Å²) in [6, 6.07) is -0.733. The van der Waals surface area contributed by atoms with Crippen LogP contribution in [-0.2, 0) is 28.6 Å². The normalized spacial score (nSPS) is 13.7. The van der Waals surface area contributed by atoms with Gasteiger partial charge in [-0.25, -0.2) is 0 Å². The Bertz CT molecular complexity index is 1270. The Balaban J connectivity index is 4.28. The molecule has 0 heterocycles. The van der Waals surface area contributed by atoms with Crippen molar-refractivity contribution in [3.8, 4) is 0 Å². The fourth-order valence-electron chi connectivity index (χ4n) is 6.65. The number of likely N-dealkylation sites (N-methyl/N-ethyl adjacent to an activating group) is 1. The molecule has 0 amide bonds. The molecule has 0 spiro atoms. The molecule has 0 aromatic carbocycles. The number of nitrogens with zero attached hydrogens (tertiary/aromatic N) is 1. The largest absolute Gasteiger partial charge is 0.544 e. The first-order valence-corrected chi connectivity index (χ1v) is 24.1. The second-order valence-electron chi connectivity index (χ2n) is 17.0. The van der Waals surface area contributed by atoms with Crippen molar-refractivity contribution in [1.82, 2.24) is 0 Å². The van der Waals surface area contributed by atoms with Crippen LogP contribution in [0.2, 0.25) is 0 Å². The zero-order chi connectivity index (χ0) is 44.9. The van der Waals surface area contributed by atoms with E-state index in [-0.39, 0.29) is 42.7 Å². The number of hydrogen-bond donors (Lipinski definition) is 0. The highest BCUT2D eigenvalue weighted by Crippen LogP contribution is 2.14. The summed E-state index contributed by atoms with van der Waals surface area (Å²) < 4.78 is 17.2. The molecule has 0 radical (unpaired) electrons. The summed E-state index contributed by atoms with van der Waals surface area (Å²) in [7, 11) is 5.40. The average Bonchev–Trinajstić information content (AvgIpc) is 3.22. The molecular weight excluding hydrogens is 763 g/mol. The van der Waals surface area contributed by atoms with Gasteiger partial charge in [-0.3, -0.25) is 9.59 Å². The van der Waals surface area contributed by atoms with Gasteiger partial charge in [-0.05, 0) is 70.6 Å². The first-order chi connectivity index (χ1) is 29.6. The van der Waals surface area contributed by atoms with Gasteiger partial charge in [-0.15, -0.1) is 0 Å². The smallest absolute Gasteiger partial charge is 0.306 e. The van der Waals surface area contributed by atoms with E-state index >= 15 is 0 Å². The van der Waals surface area contributed by atoms with E-state index in [1.807, 2.05) is 0 Å². The van der Waals surface area contributed by atoms with Gasteiger partial charge in [-0.2, -0.15) is 0 Å². The van der Waals surface area contributed by atoms with Crippen LogP contribution >= 0.6 is 0 Å². The fraction of sp³-hybridized carbons (Fsp3) is 0.679. The van der Waals surface area contributed by atoms with E-state index in [4.69, 9.17) is 14.2 Å². The van der Waals surface area contributed by atoms with Crippen LogP contribution in [-0.4, -0.2) is 75.5 Å². The molecule has 8 heteroatoms. The maximum Gasteiger partial charge on any atom is 0.306 e. The molecule has 0 aliphatic rings. The van der Waals surface area contributed by atoms with Crippen molar-refractivity contribution in [1.29, 1.82) is 0 Å². The third-order valence-electron chi connectivity index (χ3n) is 10.3. The maximum atomic E-state index is 12.7. The summed E-state index contributed by atoms with van der Waals surface area (Å²) in [5.74, 6) is -1.77. The predicted octanol–water partition coefficient (Wildman–Crippen LogP) is 12.4. The Morgan fingerprint density at radius 2 is 0.951 bits per heavy atom. The Kier molecular flexibility index (Phi) is 40.7. The monoisotopic (exact) mass is 852 g/mol. The molecule has 0 saturated heterocycles. The lowest BCUT2D eigenvalue weighted by atomic mass is 10.1. The standard InChI is InChI=1S/C53H89NO7/c1-6-8-10-12-14-16-18-20-22-23-24-25-26-27-28-30-31-33-35-37-39-41-43-51(55)60-48-49(47-59-46-45-50(53(57)58)54(3,4)5)61-52(56)44-42-40-38-36-34-32-29-21-19-17-15-13-11-9-7-2/h8-11,13-17,19-20,22,24-25,49-50H,6-7,12,18,21,23,26-48H2,1-5H3/b10-8+,11-9+,15-13+,16-14+,19-17+,22-20+,25-24+. The highest BCUT2D eigenvalue weighted by molar-refractivity contribution is 5.70. The molecule has 348 valence electrons. The van der Waals surface area contributed by atoms with E-state index < -0.39 is 18.1 Å². The number of carbonyl (C=O) groups is 3. The first kappa shape index (κ1) is 57.5. The molecule has 0 bridgehead atoms. The lowest BCUT2D eigenvalue weighted by Gasteiger charge is -2.34. The van der Waals surface area contributed by atoms with Gasteiger partial charge in [0.1, 0.15) is 12.6 Å². The number of esters is 2. The first-order valence-electron chi connectivity index (χ1n) is 24.1. The average molecular weight is 852 g/mol. The molecule has 61 heavy (non-hydrogen) atoms. The second-order valence-corrected chi connectivity index (χ2v) is 17.0. The Morgan fingerprint density at radius 3 is 1.46 bits per heavy atom. The lowest BCUT2D eigenvalue weighted by molar-refractivity contribution is -0.889. The van der Waals surface area contributed by atoms with E-state index in [0.29, 0.717) is 12.8 Å². The van der Waals surface area contributed by atoms with Gasteiger partial charge in [0, 0.05) is 19.3 Å². The minimum absolute atomic E-state index is 0.0295. The molecule has 0 aliphatic heterocycles. The third kappa shape index (κ3) is 41.6. The van der Waals surface area contributed by atoms with Crippen LogP contribution in [0.4, 0.5) is 0 Å². The second kappa shape index (κ2) is 43.2. The molecule has 0 fully saturated rings. The predicted molar refractivity (Wildman–Crippen MR) is 254 cm³/mol. The number of unbranched alkanes of at least 4 members (excludes halogenated alkanes) is 16. The van der Waals surface area contributed by atoms with Crippen LogP contribution < -0.4 is 5.11 Å². The number of hydrogen-bond acceptors (Lipinski definition) is 7. The van der Waals surface area contributed by atoms with E-state index in [1.54, 1.807) is 21.1 Å². The van der Waals surface area contributed by atoms with Crippen LogP contribution in [0.15, 0.2) is 85.1 Å². The van der Waals surface area contributed by atoms with Gasteiger partial charge in [-0.1, -0.05) is 176 Å². The molecular formula is C53H89NO7. The van der Waals surface area contributed by atoms with Crippen LogP contribution in [0.5, 0.6) is 0 Å². The van der Waals surface area contributed by atoms with E-state index in [1.165, 1.54) is 57.8 Å². The number of rotatable bonds is 42. The molecule has 0 N–H and O–H groups in total.